The molecule has 4 rings (SSSR count). The van der Waals surface area contributed by atoms with Crippen LogP contribution in [0.3, 0.4) is 0 Å². The summed E-state index contributed by atoms with van der Waals surface area (Å²) < 4.78 is 11.0. The number of ether oxygens (including phenoxy) is 1. The Kier molecular flexibility index (Phi) is 5.14. The van der Waals surface area contributed by atoms with Gasteiger partial charge in [-0.3, -0.25) is 4.79 Å². The number of methoxy groups -OCH3 is 1. The van der Waals surface area contributed by atoms with E-state index in [-0.39, 0.29) is 11.7 Å². The van der Waals surface area contributed by atoms with Crippen molar-refractivity contribution in [1.82, 2.24) is 15.3 Å². The number of nitrogens with zero attached hydrogens (tertiary/aromatic N) is 3. The van der Waals surface area contributed by atoms with E-state index in [1.165, 1.54) is 19.3 Å². The van der Waals surface area contributed by atoms with E-state index in [4.69, 9.17) is 9.15 Å². The van der Waals surface area contributed by atoms with Crippen molar-refractivity contribution in [3.05, 3.63) is 47.5 Å². The number of nitrogens with one attached hydrogen (secondary N) is 1. The van der Waals surface area contributed by atoms with Gasteiger partial charge in [-0.25, -0.2) is 9.97 Å². The molecule has 0 bridgehead atoms. The zero-order valence-corrected chi connectivity index (χ0v) is 16.2. The van der Waals surface area contributed by atoms with Crippen LogP contribution in [0.1, 0.15) is 41.2 Å². The van der Waals surface area contributed by atoms with E-state index in [2.05, 4.69) is 20.2 Å². The molecule has 146 valence electrons. The molecule has 0 atom stereocenters. The minimum Gasteiger partial charge on any atom is -0.493 e. The van der Waals surface area contributed by atoms with E-state index in [0.29, 0.717) is 17.9 Å². The van der Waals surface area contributed by atoms with Crippen molar-refractivity contribution in [2.45, 2.75) is 32.7 Å². The zero-order valence-electron chi connectivity index (χ0n) is 16.2. The van der Waals surface area contributed by atoms with E-state index >= 15 is 0 Å². The van der Waals surface area contributed by atoms with Crippen molar-refractivity contribution < 1.29 is 13.9 Å². The van der Waals surface area contributed by atoms with Crippen molar-refractivity contribution in [2.24, 2.45) is 0 Å². The van der Waals surface area contributed by atoms with Gasteiger partial charge in [0.2, 0.25) is 5.95 Å². The molecule has 1 fully saturated rings. The van der Waals surface area contributed by atoms with Gasteiger partial charge in [0.15, 0.2) is 17.1 Å². The first-order valence-electron chi connectivity index (χ1n) is 9.58. The Balaban J connectivity index is 1.48. The molecule has 0 unspecified atom stereocenters. The molecule has 0 spiro atoms. The lowest BCUT2D eigenvalue weighted by Crippen LogP contribution is -2.31. The summed E-state index contributed by atoms with van der Waals surface area (Å²) in [4.78, 5) is 24.0. The summed E-state index contributed by atoms with van der Waals surface area (Å²) in [6.45, 7) is 4.23. The Hall–Kier alpha value is -3.09. The zero-order chi connectivity index (χ0) is 19.5. The van der Waals surface area contributed by atoms with E-state index in [1.54, 1.807) is 19.2 Å². The second-order valence-corrected chi connectivity index (χ2v) is 7.02. The number of piperidine rings is 1. The van der Waals surface area contributed by atoms with Gasteiger partial charge >= 0.3 is 0 Å². The molecule has 0 aliphatic carbocycles. The van der Waals surface area contributed by atoms with Crippen LogP contribution < -0.4 is 15.0 Å². The lowest BCUT2D eigenvalue weighted by molar-refractivity contribution is 0.0924. The number of rotatable bonds is 5. The largest absolute Gasteiger partial charge is 0.493 e. The smallest absolute Gasteiger partial charge is 0.287 e. The highest BCUT2D eigenvalue weighted by molar-refractivity contribution is 5.97. The third kappa shape index (κ3) is 3.78. The molecule has 3 heterocycles. The van der Waals surface area contributed by atoms with Gasteiger partial charge < -0.3 is 19.4 Å². The predicted molar refractivity (Wildman–Crippen MR) is 107 cm³/mol. The highest BCUT2D eigenvalue weighted by atomic mass is 16.5. The summed E-state index contributed by atoms with van der Waals surface area (Å²) >= 11 is 0. The number of hydrogen-bond acceptors (Lipinski definition) is 6. The predicted octanol–water partition coefficient (Wildman–Crippen LogP) is 3.46. The van der Waals surface area contributed by atoms with Crippen molar-refractivity contribution >= 4 is 22.8 Å². The first kappa shape index (κ1) is 18.3. The van der Waals surface area contributed by atoms with Gasteiger partial charge in [0.25, 0.3) is 5.91 Å². The summed E-state index contributed by atoms with van der Waals surface area (Å²) in [7, 11) is 1.58. The fraction of sp³-hybridized carbons (Fsp3) is 0.381. The van der Waals surface area contributed by atoms with Gasteiger partial charge in [0, 0.05) is 24.2 Å². The SMILES string of the molecule is COc1cccc2cc(C(=O)NCc3cc(C)nc(N4CCCCC4)n3)oc12. The van der Waals surface area contributed by atoms with Crippen LogP contribution in [0.5, 0.6) is 5.75 Å². The molecule has 1 aliphatic rings. The number of anilines is 1. The number of carbonyl (C=O) groups excluding carboxylic acids is 1. The minimum absolute atomic E-state index is 0.251. The number of fused-ring (bicyclic) bond motifs is 1. The molecule has 7 heteroatoms. The Labute approximate surface area is 163 Å². The van der Waals surface area contributed by atoms with Gasteiger partial charge in [-0.1, -0.05) is 12.1 Å². The summed E-state index contributed by atoms with van der Waals surface area (Å²) in [6, 6.07) is 9.17. The van der Waals surface area contributed by atoms with Crippen LogP contribution in [-0.4, -0.2) is 36.1 Å². The van der Waals surface area contributed by atoms with Crippen molar-refractivity contribution in [2.75, 3.05) is 25.1 Å². The Bertz CT molecular complexity index is 992. The number of carbonyl (C=O) groups is 1. The molecule has 0 radical (unpaired) electrons. The number of hydrogen-bond donors (Lipinski definition) is 1. The molecule has 7 nitrogen and oxygen atoms in total. The van der Waals surface area contributed by atoms with Crippen molar-refractivity contribution in [3.63, 3.8) is 0 Å². The first-order valence-corrected chi connectivity index (χ1v) is 9.58. The third-order valence-corrected chi connectivity index (χ3v) is 4.92. The maximum Gasteiger partial charge on any atom is 0.287 e. The molecule has 28 heavy (non-hydrogen) atoms. The topological polar surface area (TPSA) is 80.5 Å². The Morgan fingerprint density at radius 1 is 1.21 bits per heavy atom. The quantitative estimate of drug-likeness (QED) is 0.730. The number of para-hydroxylation sites is 1. The average Bonchev–Trinajstić information content (AvgIpc) is 3.17. The minimum atomic E-state index is -0.283. The lowest BCUT2D eigenvalue weighted by Gasteiger charge is -2.27. The van der Waals surface area contributed by atoms with Gasteiger partial charge in [0.1, 0.15) is 0 Å². The summed E-state index contributed by atoms with van der Waals surface area (Å²) in [6.07, 6.45) is 3.59. The Morgan fingerprint density at radius 3 is 2.82 bits per heavy atom. The summed E-state index contributed by atoms with van der Waals surface area (Å²) in [5.74, 6) is 1.32. The molecule has 1 saturated heterocycles. The molecular weight excluding hydrogens is 356 g/mol. The maximum atomic E-state index is 12.6. The maximum absolute atomic E-state index is 12.6. The molecule has 1 amide bonds. The van der Waals surface area contributed by atoms with E-state index in [0.717, 1.165) is 35.8 Å². The highest BCUT2D eigenvalue weighted by Crippen LogP contribution is 2.28. The fourth-order valence-corrected chi connectivity index (χ4v) is 3.51. The monoisotopic (exact) mass is 380 g/mol. The number of benzene rings is 1. The second-order valence-electron chi connectivity index (χ2n) is 7.02. The van der Waals surface area contributed by atoms with E-state index in [9.17, 15) is 4.79 Å². The molecule has 1 aliphatic heterocycles. The molecule has 1 N–H and O–H groups in total. The number of furan rings is 1. The third-order valence-electron chi connectivity index (χ3n) is 4.92. The fourth-order valence-electron chi connectivity index (χ4n) is 3.51. The standard InChI is InChI=1S/C21H24N4O3/c1-14-11-16(24-21(23-14)25-9-4-3-5-10-25)13-22-20(26)18-12-15-7-6-8-17(27-2)19(15)28-18/h6-8,11-12H,3-5,9-10,13H2,1-2H3,(H,22,26). The van der Waals surface area contributed by atoms with Gasteiger partial charge in [0.05, 0.1) is 19.3 Å². The number of aromatic nitrogens is 2. The summed E-state index contributed by atoms with van der Waals surface area (Å²) in [5, 5.41) is 3.72. The van der Waals surface area contributed by atoms with Crippen LogP contribution in [0.25, 0.3) is 11.0 Å². The first-order chi connectivity index (χ1) is 13.6. The Morgan fingerprint density at radius 2 is 2.04 bits per heavy atom. The number of amides is 1. The second kappa shape index (κ2) is 7.88. The molecule has 1 aromatic carbocycles. The molecule has 2 aromatic heterocycles. The van der Waals surface area contributed by atoms with Crippen LogP contribution in [-0.2, 0) is 6.54 Å². The van der Waals surface area contributed by atoms with Crippen molar-refractivity contribution in [3.8, 4) is 5.75 Å². The molecular formula is C21H24N4O3. The number of aryl methyl sites for hydroxylation is 1. The van der Waals surface area contributed by atoms with Crippen LogP contribution >= 0.6 is 0 Å². The average molecular weight is 380 g/mol. The van der Waals surface area contributed by atoms with E-state index < -0.39 is 0 Å². The summed E-state index contributed by atoms with van der Waals surface area (Å²) in [5.41, 5.74) is 2.25. The van der Waals surface area contributed by atoms with Crippen LogP contribution in [0, 0.1) is 6.92 Å². The molecule has 3 aromatic rings. The van der Waals surface area contributed by atoms with Gasteiger partial charge in [-0.15, -0.1) is 0 Å². The highest BCUT2D eigenvalue weighted by Gasteiger charge is 2.17. The van der Waals surface area contributed by atoms with Crippen LogP contribution in [0.15, 0.2) is 34.7 Å². The van der Waals surface area contributed by atoms with Gasteiger partial charge in [-0.2, -0.15) is 0 Å². The molecule has 0 saturated carbocycles. The van der Waals surface area contributed by atoms with Crippen LogP contribution in [0.2, 0.25) is 0 Å². The van der Waals surface area contributed by atoms with E-state index in [1.807, 2.05) is 25.1 Å². The van der Waals surface area contributed by atoms with Crippen LogP contribution in [0.4, 0.5) is 5.95 Å². The van der Waals surface area contributed by atoms with Crippen molar-refractivity contribution in [1.29, 1.82) is 0 Å². The normalized spacial score (nSPS) is 14.3. The van der Waals surface area contributed by atoms with Gasteiger partial charge in [-0.05, 0) is 44.4 Å². The lowest BCUT2D eigenvalue weighted by atomic mass is 10.1.